The largest absolute Gasteiger partial charge is 0.276 e. The van der Waals surface area contributed by atoms with Crippen molar-refractivity contribution in [2.24, 2.45) is 0 Å². The average Bonchev–Trinajstić information content (AvgIpc) is 2.67. The number of rotatable bonds is 3. The molecule has 2 aromatic rings. The van der Waals surface area contributed by atoms with Crippen molar-refractivity contribution in [3.63, 3.8) is 0 Å². The van der Waals surface area contributed by atoms with Gasteiger partial charge < -0.3 is 0 Å². The quantitative estimate of drug-likeness (QED) is 0.782. The van der Waals surface area contributed by atoms with Gasteiger partial charge in [0.1, 0.15) is 6.04 Å². The van der Waals surface area contributed by atoms with Crippen LogP contribution in [0.4, 0.5) is 0 Å². The Bertz CT molecular complexity index is 938. The fraction of sp³-hybridized carbons (Fsp3) is 0.238. The molecule has 2 aliphatic rings. The van der Waals surface area contributed by atoms with Crippen molar-refractivity contribution in [1.29, 1.82) is 0 Å². The SMILES string of the molecule is O=C1CCC(N2C(=O)Cc3ccccc3C2=O)C(=O)N1Cc1ccccc1. The average molecular weight is 362 g/mol. The second-order valence-electron chi connectivity index (χ2n) is 6.76. The molecular formula is C21H18N2O4. The summed E-state index contributed by atoms with van der Waals surface area (Å²) in [6.07, 6.45) is 0.378. The van der Waals surface area contributed by atoms with Crippen molar-refractivity contribution in [3.8, 4) is 0 Å². The van der Waals surface area contributed by atoms with Crippen LogP contribution in [-0.4, -0.2) is 39.5 Å². The van der Waals surface area contributed by atoms with E-state index in [1.807, 2.05) is 30.3 Å². The van der Waals surface area contributed by atoms with Crippen LogP contribution in [0.3, 0.4) is 0 Å². The van der Waals surface area contributed by atoms with E-state index in [1.165, 1.54) is 0 Å². The van der Waals surface area contributed by atoms with E-state index in [4.69, 9.17) is 0 Å². The minimum Gasteiger partial charge on any atom is -0.276 e. The molecule has 6 heteroatoms. The van der Waals surface area contributed by atoms with Crippen molar-refractivity contribution in [2.75, 3.05) is 0 Å². The summed E-state index contributed by atoms with van der Waals surface area (Å²) < 4.78 is 0. The van der Waals surface area contributed by atoms with Gasteiger partial charge in [0.25, 0.3) is 11.8 Å². The number of benzene rings is 2. The summed E-state index contributed by atoms with van der Waals surface area (Å²) in [5, 5.41) is 0. The van der Waals surface area contributed by atoms with Gasteiger partial charge in [-0.25, -0.2) is 0 Å². The smallest absolute Gasteiger partial charge is 0.261 e. The molecule has 4 rings (SSSR count). The summed E-state index contributed by atoms with van der Waals surface area (Å²) in [7, 11) is 0. The van der Waals surface area contributed by atoms with Gasteiger partial charge in [0.15, 0.2) is 0 Å². The summed E-state index contributed by atoms with van der Waals surface area (Å²) in [4.78, 5) is 53.0. The molecule has 0 bridgehead atoms. The van der Waals surface area contributed by atoms with Crippen LogP contribution < -0.4 is 0 Å². The molecule has 27 heavy (non-hydrogen) atoms. The van der Waals surface area contributed by atoms with Gasteiger partial charge in [-0.15, -0.1) is 0 Å². The topological polar surface area (TPSA) is 74.8 Å². The second kappa shape index (κ2) is 6.79. The van der Waals surface area contributed by atoms with Gasteiger partial charge in [0, 0.05) is 12.0 Å². The number of carbonyl (C=O) groups excluding carboxylic acids is 4. The van der Waals surface area contributed by atoms with Crippen molar-refractivity contribution in [1.82, 2.24) is 9.80 Å². The molecule has 1 atom stereocenters. The van der Waals surface area contributed by atoms with Gasteiger partial charge in [-0.2, -0.15) is 0 Å². The predicted molar refractivity (Wildman–Crippen MR) is 96.3 cm³/mol. The van der Waals surface area contributed by atoms with E-state index in [9.17, 15) is 19.2 Å². The summed E-state index contributed by atoms with van der Waals surface area (Å²) in [5.41, 5.74) is 1.93. The Labute approximate surface area is 156 Å². The van der Waals surface area contributed by atoms with E-state index >= 15 is 0 Å². The molecule has 0 radical (unpaired) electrons. The number of likely N-dealkylation sites (tertiary alicyclic amines) is 1. The predicted octanol–water partition coefficient (Wildman–Crippen LogP) is 1.93. The fourth-order valence-electron chi connectivity index (χ4n) is 3.68. The number of carbonyl (C=O) groups is 4. The highest BCUT2D eigenvalue weighted by molar-refractivity contribution is 6.13. The minimum absolute atomic E-state index is 0.0817. The number of hydrogen-bond acceptors (Lipinski definition) is 4. The first-order chi connectivity index (χ1) is 13.1. The Morgan fingerprint density at radius 2 is 1.56 bits per heavy atom. The lowest BCUT2D eigenvalue weighted by molar-refractivity contribution is -0.156. The third-order valence-electron chi connectivity index (χ3n) is 5.06. The number of hydrogen-bond donors (Lipinski definition) is 0. The zero-order valence-corrected chi connectivity index (χ0v) is 14.6. The molecule has 2 aromatic carbocycles. The molecule has 4 amide bonds. The van der Waals surface area contributed by atoms with Gasteiger partial charge in [0.05, 0.1) is 13.0 Å². The molecule has 1 saturated heterocycles. The molecule has 1 unspecified atom stereocenters. The van der Waals surface area contributed by atoms with Crippen molar-refractivity contribution in [3.05, 3.63) is 71.3 Å². The van der Waals surface area contributed by atoms with E-state index in [2.05, 4.69) is 0 Å². The molecule has 1 fully saturated rings. The van der Waals surface area contributed by atoms with E-state index in [-0.39, 0.29) is 31.7 Å². The van der Waals surface area contributed by atoms with Crippen LogP contribution in [0.15, 0.2) is 54.6 Å². The number of fused-ring (bicyclic) bond motifs is 1. The molecule has 136 valence electrons. The molecule has 0 saturated carbocycles. The van der Waals surface area contributed by atoms with Crippen LogP contribution in [0.1, 0.15) is 34.3 Å². The van der Waals surface area contributed by atoms with E-state index < -0.39 is 23.8 Å². The van der Waals surface area contributed by atoms with Crippen molar-refractivity contribution < 1.29 is 19.2 Å². The van der Waals surface area contributed by atoms with Crippen LogP contribution in [0.25, 0.3) is 0 Å². The maximum Gasteiger partial charge on any atom is 0.261 e. The monoisotopic (exact) mass is 362 g/mol. The highest BCUT2D eigenvalue weighted by Gasteiger charge is 2.44. The van der Waals surface area contributed by atoms with Gasteiger partial charge in [-0.3, -0.25) is 29.0 Å². The third-order valence-corrected chi connectivity index (χ3v) is 5.06. The first kappa shape index (κ1) is 17.1. The second-order valence-corrected chi connectivity index (χ2v) is 6.76. The molecule has 6 nitrogen and oxygen atoms in total. The van der Waals surface area contributed by atoms with Crippen LogP contribution in [-0.2, 0) is 27.3 Å². The maximum absolute atomic E-state index is 13.0. The third kappa shape index (κ3) is 3.03. The zero-order chi connectivity index (χ0) is 19.0. The number of piperidine rings is 1. The van der Waals surface area contributed by atoms with Crippen LogP contribution in [0, 0.1) is 0 Å². The summed E-state index contributed by atoms with van der Waals surface area (Å²) in [5.74, 6) is -1.63. The van der Waals surface area contributed by atoms with Crippen LogP contribution >= 0.6 is 0 Å². The normalized spacial score (nSPS) is 20.1. The van der Waals surface area contributed by atoms with Gasteiger partial charge in [-0.1, -0.05) is 48.5 Å². The number of amides is 4. The summed E-state index contributed by atoms with van der Waals surface area (Å²) in [6, 6.07) is 15.2. The number of imide groups is 2. The lowest BCUT2D eigenvalue weighted by Gasteiger charge is -2.38. The standard InChI is InChI=1S/C21H18N2O4/c24-18-11-10-17(21(27)22(18)13-14-6-2-1-3-7-14)23-19(25)12-15-8-4-5-9-16(15)20(23)26/h1-9,17H,10-13H2. The minimum atomic E-state index is -0.931. The Kier molecular flexibility index (Phi) is 4.32. The van der Waals surface area contributed by atoms with Gasteiger partial charge in [0.2, 0.25) is 11.8 Å². The summed E-state index contributed by atoms with van der Waals surface area (Å²) in [6.45, 7) is 0.141. The highest BCUT2D eigenvalue weighted by atomic mass is 16.2. The van der Waals surface area contributed by atoms with Gasteiger partial charge >= 0.3 is 0 Å². The number of nitrogens with zero attached hydrogens (tertiary/aromatic N) is 2. The Morgan fingerprint density at radius 1 is 0.852 bits per heavy atom. The fourth-order valence-corrected chi connectivity index (χ4v) is 3.68. The lowest BCUT2D eigenvalue weighted by Crippen LogP contribution is -2.58. The Morgan fingerprint density at radius 3 is 2.33 bits per heavy atom. The Hall–Kier alpha value is -3.28. The van der Waals surface area contributed by atoms with Crippen molar-refractivity contribution >= 4 is 23.6 Å². The molecule has 2 heterocycles. The lowest BCUT2D eigenvalue weighted by atomic mass is 9.94. The zero-order valence-electron chi connectivity index (χ0n) is 14.6. The first-order valence-electron chi connectivity index (χ1n) is 8.88. The van der Waals surface area contributed by atoms with Gasteiger partial charge in [-0.05, 0) is 23.6 Å². The van der Waals surface area contributed by atoms with E-state index in [0.29, 0.717) is 11.1 Å². The van der Waals surface area contributed by atoms with Crippen LogP contribution in [0.2, 0.25) is 0 Å². The molecule has 0 spiro atoms. The van der Waals surface area contributed by atoms with E-state index in [0.717, 1.165) is 15.4 Å². The summed E-state index contributed by atoms with van der Waals surface area (Å²) >= 11 is 0. The van der Waals surface area contributed by atoms with Crippen molar-refractivity contribution in [2.45, 2.75) is 31.8 Å². The molecule has 0 aliphatic carbocycles. The molecule has 0 N–H and O–H groups in total. The Balaban J connectivity index is 1.62. The molecular weight excluding hydrogens is 344 g/mol. The first-order valence-corrected chi connectivity index (χ1v) is 8.88. The van der Waals surface area contributed by atoms with Crippen LogP contribution in [0.5, 0.6) is 0 Å². The maximum atomic E-state index is 13.0. The van der Waals surface area contributed by atoms with E-state index in [1.54, 1.807) is 24.3 Å². The molecule has 0 aromatic heterocycles. The highest BCUT2D eigenvalue weighted by Crippen LogP contribution is 2.27. The molecule has 2 aliphatic heterocycles.